The monoisotopic (exact) mass is 370 g/mol. The average molecular weight is 370 g/mol. The number of anilines is 1. The molecule has 2 aromatic rings. The quantitative estimate of drug-likeness (QED) is 0.790. The topological polar surface area (TPSA) is 87.3 Å². The van der Waals surface area contributed by atoms with Crippen molar-refractivity contribution < 1.29 is 14.3 Å². The number of methoxy groups -OCH3 is 1. The molecule has 0 spiro atoms. The third-order valence-electron chi connectivity index (χ3n) is 5.02. The number of carbonyl (C=O) groups excluding carboxylic acids is 2. The van der Waals surface area contributed by atoms with Gasteiger partial charge in [-0.15, -0.1) is 0 Å². The maximum atomic E-state index is 12.7. The molecule has 0 aromatic carbocycles. The zero-order valence-corrected chi connectivity index (χ0v) is 16.1. The first-order valence-electron chi connectivity index (χ1n) is 9.27. The number of hydrogen-bond acceptors (Lipinski definition) is 5. The van der Waals surface area contributed by atoms with E-state index in [1.165, 1.54) is 26.4 Å². The highest BCUT2D eigenvalue weighted by atomic mass is 16.5. The van der Waals surface area contributed by atoms with Crippen LogP contribution in [0.1, 0.15) is 56.9 Å². The molecule has 3 rings (SSSR count). The summed E-state index contributed by atoms with van der Waals surface area (Å²) in [7, 11) is 1.33. The summed E-state index contributed by atoms with van der Waals surface area (Å²) < 4.78 is 4.80. The van der Waals surface area contributed by atoms with E-state index in [0.717, 1.165) is 24.5 Å². The highest BCUT2D eigenvalue weighted by Gasteiger charge is 2.23. The molecule has 0 atom stereocenters. The molecule has 0 saturated carbocycles. The van der Waals surface area contributed by atoms with E-state index in [2.05, 4.69) is 20.2 Å². The van der Waals surface area contributed by atoms with Crippen LogP contribution in [0.2, 0.25) is 0 Å². The van der Waals surface area contributed by atoms with E-state index in [0.29, 0.717) is 29.1 Å². The fraction of sp³-hybridized carbons (Fsp3) is 0.450. The van der Waals surface area contributed by atoms with Gasteiger partial charge in [-0.1, -0.05) is 6.07 Å². The third kappa shape index (κ3) is 3.97. The molecule has 1 aliphatic heterocycles. The summed E-state index contributed by atoms with van der Waals surface area (Å²) in [6, 6.07) is 3.87. The first-order valence-corrected chi connectivity index (χ1v) is 9.27. The minimum atomic E-state index is -0.444. The number of pyridine rings is 1. The fourth-order valence-corrected chi connectivity index (χ4v) is 3.61. The summed E-state index contributed by atoms with van der Waals surface area (Å²) in [5, 5.41) is 2.94. The van der Waals surface area contributed by atoms with Crippen LogP contribution in [-0.4, -0.2) is 42.0 Å². The van der Waals surface area contributed by atoms with Gasteiger partial charge in [0.05, 0.1) is 12.7 Å². The van der Waals surface area contributed by atoms with E-state index >= 15 is 0 Å². The number of rotatable bonds is 5. The Balaban J connectivity index is 1.74. The molecular formula is C20H26N4O3. The van der Waals surface area contributed by atoms with Gasteiger partial charge in [0.25, 0.3) is 5.91 Å². The number of amides is 1. The predicted octanol–water partition coefficient (Wildman–Crippen LogP) is 2.73. The lowest BCUT2D eigenvalue weighted by molar-refractivity contribution is 0.0599. The number of H-pyrrole nitrogens is 1. The summed E-state index contributed by atoms with van der Waals surface area (Å²) in [6.07, 6.45) is 5.37. The number of aromatic nitrogens is 2. The van der Waals surface area contributed by atoms with Crippen molar-refractivity contribution in [2.24, 2.45) is 0 Å². The molecule has 27 heavy (non-hydrogen) atoms. The molecule has 0 unspecified atom stereocenters. The van der Waals surface area contributed by atoms with Gasteiger partial charge in [-0.25, -0.2) is 9.78 Å². The van der Waals surface area contributed by atoms with Crippen molar-refractivity contribution in [3.8, 4) is 0 Å². The zero-order valence-electron chi connectivity index (χ0n) is 16.1. The van der Waals surface area contributed by atoms with Gasteiger partial charge < -0.3 is 19.9 Å². The van der Waals surface area contributed by atoms with Crippen LogP contribution < -0.4 is 10.2 Å². The van der Waals surface area contributed by atoms with Crippen LogP contribution in [0, 0.1) is 13.8 Å². The normalized spacial score (nSPS) is 14.1. The van der Waals surface area contributed by atoms with Crippen molar-refractivity contribution in [3.05, 3.63) is 46.4 Å². The zero-order chi connectivity index (χ0) is 19.4. The smallest absolute Gasteiger partial charge is 0.339 e. The molecule has 144 valence electrons. The summed E-state index contributed by atoms with van der Waals surface area (Å²) in [6.45, 7) is 5.87. The van der Waals surface area contributed by atoms with Gasteiger partial charge in [0.15, 0.2) is 0 Å². The lowest BCUT2D eigenvalue weighted by Crippen LogP contribution is -2.32. The molecule has 2 N–H and O–H groups in total. The SMILES string of the molecule is COC(=O)c1c(C)[nH]c(C(=O)NCc2cccnc2N2CCCCC2)c1C. The maximum Gasteiger partial charge on any atom is 0.339 e. The van der Waals surface area contributed by atoms with Crippen LogP contribution in [0.4, 0.5) is 5.82 Å². The number of nitrogens with zero attached hydrogens (tertiary/aromatic N) is 2. The molecule has 2 aromatic heterocycles. The van der Waals surface area contributed by atoms with E-state index in [-0.39, 0.29) is 5.91 Å². The van der Waals surface area contributed by atoms with E-state index in [1.54, 1.807) is 20.0 Å². The number of esters is 1. The fourth-order valence-electron chi connectivity index (χ4n) is 3.61. The van der Waals surface area contributed by atoms with E-state index < -0.39 is 5.97 Å². The van der Waals surface area contributed by atoms with Gasteiger partial charge in [0.1, 0.15) is 11.5 Å². The molecule has 7 heteroatoms. The lowest BCUT2D eigenvalue weighted by atomic mass is 10.1. The van der Waals surface area contributed by atoms with Crippen LogP contribution in [0.15, 0.2) is 18.3 Å². The van der Waals surface area contributed by atoms with Crippen molar-refractivity contribution in [2.45, 2.75) is 39.7 Å². The van der Waals surface area contributed by atoms with E-state index in [9.17, 15) is 9.59 Å². The second kappa shape index (κ2) is 8.24. The largest absolute Gasteiger partial charge is 0.465 e. The molecule has 0 aliphatic carbocycles. The van der Waals surface area contributed by atoms with Crippen molar-refractivity contribution in [1.82, 2.24) is 15.3 Å². The standard InChI is InChI=1S/C20H26N4O3/c1-13-16(20(26)27-3)14(2)23-17(13)19(25)22-12-15-8-7-9-21-18(15)24-10-5-4-6-11-24/h7-9,23H,4-6,10-12H2,1-3H3,(H,22,25). The maximum absolute atomic E-state index is 12.7. The van der Waals surface area contributed by atoms with Crippen molar-refractivity contribution >= 4 is 17.7 Å². The van der Waals surface area contributed by atoms with E-state index in [1.807, 2.05) is 12.1 Å². The minimum absolute atomic E-state index is 0.251. The van der Waals surface area contributed by atoms with Crippen LogP contribution in [0.25, 0.3) is 0 Å². The van der Waals surface area contributed by atoms with Crippen LogP contribution in [0.5, 0.6) is 0 Å². The Hall–Kier alpha value is -2.83. The average Bonchev–Trinajstić information content (AvgIpc) is 3.00. The number of aromatic amines is 1. The van der Waals surface area contributed by atoms with Crippen molar-refractivity contribution in [1.29, 1.82) is 0 Å². The molecule has 1 fully saturated rings. The van der Waals surface area contributed by atoms with E-state index in [4.69, 9.17) is 4.74 Å². The van der Waals surface area contributed by atoms with Crippen LogP contribution in [-0.2, 0) is 11.3 Å². The lowest BCUT2D eigenvalue weighted by Gasteiger charge is -2.29. The van der Waals surface area contributed by atoms with Gasteiger partial charge >= 0.3 is 5.97 Å². The molecule has 1 saturated heterocycles. The Kier molecular flexibility index (Phi) is 5.78. The van der Waals surface area contributed by atoms with Gasteiger partial charge in [-0.05, 0) is 44.7 Å². The van der Waals surface area contributed by atoms with Gasteiger partial charge in [0.2, 0.25) is 0 Å². The highest BCUT2D eigenvalue weighted by Crippen LogP contribution is 2.22. The van der Waals surface area contributed by atoms with Crippen molar-refractivity contribution in [2.75, 3.05) is 25.1 Å². The van der Waals surface area contributed by atoms with Gasteiger partial charge in [0, 0.05) is 37.1 Å². The second-order valence-corrected chi connectivity index (χ2v) is 6.83. The van der Waals surface area contributed by atoms with Crippen LogP contribution >= 0.6 is 0 Å². The predicted molar refractivity (Wildman–Crippen MR) is 103 cm³/mol. The first kappa shape index (κ1) is 18.9. The molecular weight excluding hydrogens is 344 g/mol. The molecule has 7 nitrogen and oxygen atoms in total. The second-order valence-electron chi connectivity index (χ2n) is 6.83. The Morgan fingerprint density at radius 1 is 1.26 bits per heavy atom. The Morgan fingerprint density at radius 2 is 2.00 bits per heavy atom. The summed E-state index contributed by atoms with van der Waals surface area (Å²) in [5.74, 6) is 0.242. The third-order valence-corrected chi connectivity index (χ3v) is 5.02. The van der Waals surface area contributed by atoms with Crippen LogP contribution in [0.3, 0.4) is 0 Å². The Bertz CT molecular complexity index is 838. The highest BCUT2D eigenvalue weighted by molar-refractivity contribution is 6.00. The van der Waals surface area contributed by atoms with Crippen molar-refractivity contribution in [3.63, 3.8) is 0 Å². The van der Waals surface area contributed by atoms with Gasteiger partial charge in [-0.2, -0.15) is 0 Å². The number of aryl methyl sites for hydroxylation is 1. The number of carbonyl (C=O) groups is 2. The number of hydrogen-bond donors (Lipinski definition) is 2. The first-order chi connectivity index (χ1) is 13.0. The molecule has 1 amide bonds. The summed E-state index contributed by atoms with van der Waals surface area (Å²) >= 11 is 0. The minimum Gasteiger partial charge on any atom is -0.465 e. The Morgan fingerprint density at radius 3 is 2.70 bits per heavy atom. The molecule has 0 radical (unpaired) electrons. The molecule has 3 heterocycles. The summed E-state index contributed by atoms with van der Waals surface area (Å²) in [5.41, 5.74) is 3.01. The molecule has 1 aliphatic rings. The number of ether oxygens (including phenoxy) is 1. The number of nitrogens with one attached hydrogen (secondary N) is 2. The number of piperidine rings is 1. The molecule has 0 bridgehead atoms. The Labute approximate surface area is 159 Å². The van der Waals surface area contributed by atoms with Gasteiger partial charge in [-0.3, -0.25) is 4.79 Å². The summed E-state index contributed by atoms with van der Waals surface area (Å²) in [4.78, 5) is 34.4.